The number of amides is 2. The Bertz CT molecular complexity index is 1330. The van der Waals surface area contributed by atoms with Crippen molar-refractivity contribution in [2.24, 2.45) is 0 Å². The van der Waals surface area contributed by atoms with Crippen LogP contribution in [0, 0.1) is 6.92 Å². The van der Waals surface area contributed by atoms with Gasteiger partial charge in [-0.1, -0.05) is 29.0 Å². The van der Waals surface area contributed by atoms with Crippen molar-refractivity contribution in [3.63, 3.8) is 0 Å². The van der Waals surface area contributed by atoms with Crippen LogP contribution in [0.5, 0.6) is 0 Å². The number of carbonyl (C=O) groups is 2. The van der Waals surface area contributed by atoms with E-state index in [-0.39, 0.29) is 10.4 Å². The van der Waals surface area contributed by atoms with Gasteiger partial charge in [-0.15, -0.1) is 5.10 Å². The number of nitrogens with one attached hydrogen (secondary N) is 2. The summed E-state index contributed by atoms with van der Waals surface area (Å²) in [5.41, 5.74) is 4.36. The maximum absolute atomic E-state index is 12.8. The molecule has 0 atom stereocenters. The Morgan fingerprint density at radius 2 is 1.75 bits per heavy atom. The summed E-state index contributed by atoms with van der Waals surface area (Å²) in [6.07, 6.45) is -4.58. The van der Waals surface area contributed by atoms with E-state index in [1.807, 2.05) is 0 Å². The highest BCUT2D eigenvalue weighted by atomic mass is 35.5. The van der Waals surface area contributed by atoms with E-state index in [4.69, 9.17) is 11.6 Å². The van der Waals surface area contributed by atoms with E-state index in [2.05, 4.69) is 20.9 Å². The molecule has 0 saturated carbocycles. The van der Waals surface area contributed by atoms with Crippen LogP contribution in [0.1, 0.15) is 31.3 Å². The Hall–Kier alpha value is -3.44. The molecule has 0 saturated heterocycles. The quantitative estimate of drug-likeness (QED) is 0.423. The maximum atomic E-state index is 12.8. The van der Waals surface area contributed by atoms with Gasteiger partial charge in [0.05, 0.1) is 11.3 Å². The molecule has 2 heterocycles. The van der Waals surface area contributed by atoms with Crippen LogP contribution in [-0.2, 0) is 6.18 Å². The molecule has 7 nitrogen and oxygen atoms in total. The van der Waals surface area contributed by atoms with Crippen molar-refractivity contribution < 1.29 is 22.8 Å². The number of aromatic nitrogens is 3. The summed E-state index contributed by atoms with van der Waals surface area (Å²) >= 11 is 6.94. The van der Waals surface area contributed by atoms with E-state index >= 15 is 0 Å². The van der Waals surface area contributed by atoms with Crippen LogP contribution in [0.25, 0.3) is 16.3 Å². The Balaban J connectivity index is 1.48. The van der Waals surface area contributed by atoms with E-state index in [0.717, 1.165) is 29.0 Å². The molecule has 2 amide bonds. The van der Waals surface area contributed by atoms with Gasteiger partial charge >= 0.3 is 6.18 Å². The van der Waals surface area contributed by atoms with Gasteiger partial charge in [0.1, 0.15) is 4.88 Å². The molecule has 4 aromatic rings. The molecule has 0 aliphatic heterocycles. The smallest absolute Gasteiger partial charge is 0.267 e. The summed E-state index contributed by atoms with van der Waals surface area (Å²) in [7, 11) is 0. The molecule has 12 heteroatoms. The summed E-state index contributed by atoms with van der Waals surface area (Å²) in [6.45, 7) is 1.66. The van der Waals surface area contributed by atoms with Crippen molar-refractivity contribution in [3.8, 4) is 11.4 Å². The second-order valence-corrected chi connectivity index (χ2v) is 8.05. The molecule has 2 aromatic carbocycles. The Morgan fingerprint density at radius 1 is 1.06 bits per heavy atom. The summed E-state index contributed by atoms with van der Waals surface area (Å²) < 4.78 is 39.9. The maximum Gasteiger partial charge on any atom is 0.416 e. The number of hydrogen-bond acceptors (Lipinski definition) is 5. The van der Waals surface area contributed by atoms with Gasteiger partial charge in [-0.25, -0.2) is 4.52 Å². The SMILES string of the molecule is Cc1c(C(=O)NNC(=O)c2cccc(C(F)(F)F)c2)sc2nc(-c3ccc(Cl)cc3)nn12. The first-order valence-corrected chi connectivity index (χ1v) is 10.2. The third kappa shape index (κ3) is 4.30. The number of benzene rings is 2. The van der Waals surface area contributed by atoms with Gasteiger partial charge in [-0.2, -0.15) is 18.2 Å². The fourth-order valence-electron chi connectivity index (χ4n) is 2.85. The minimum atomic E-state index is -4.58. The lowest BCUT2D eigenvalue weighted by molar-refractivity contribution is -0.137. The number of hydrogen-bond donors (Lipinski definition) is 2. The predicted molar refractivity (Wildman–Crippen MR) is 112 cm³/mol. The Morgan fingerprint density at radius 3 is 2.41 bits per heavy atom. The normalized spacial score (nSPS) is 11.5. The highest BCUT2D eigenvalue weighted by Gasteiger charge is 2.31. The third-order valence-electron chi connectivity index (χ3n) is 4.47. The molecule has 0 spiro atoms. The van der Waals surface area contributed by atoms with Crippen molar-refractivity contribution >= 4 is 39.7 Å². The Kier molecular flexibility index (Phi) is 5.61. The minimum absolute atomic E-state index is 0.243. The number of halogens is 4. The van der Waals surface area contributed by atoms with E-state index in [9.17, 15) is 22.8 Å². The van der Waals surface area contributed by atoms with Crippen molar-refractivity contribution in [1.82, 2.24) is 25.4 Å². The predicted octanol–water partition coefficient (Wildman–Crippen LogP) is 4.51. The number of alkyl halides is 3. The standard InChI is InChI=1S/C20H13ClF3N5O2S/c1-10-15(32-19-25-16(28-29(10)19)11-5-7-14(21)8-6-11)18(31)27-26-17(30)12-3-2-4-13(9-12)20(22,23)24/h2-9H,1H3,(H,26,30)(H,27,31). The molecule has 0 radical (unpaired) electrons. The van der Waals surface area contributed by atoms with Gasteiger partial charge in [-0.3, -0.25) is 20.4 Å². The topological polar surface area (TPSA) is 88.4 Å². The van der Waals surface area contributed by atoms with Crippen molar-refractivity contribution in [2.45, 2.75) is 13.1 Å². The number of thiazole rings is 1. The fourth-order valence-corrected chi connectivity index (χ4v) is 3.94. The summed E-state index contributed by atoms with van der Waals surface area (Å²) in [6, 6.07) is 10.8. The van der Waals surface area contributed by atoms with Crippen LogP contribution >= 0.6 is 22.9 Å². The molecule has 0 aliphatic rings. The summed E-state index contributed by atoms with van der Waals surface area (Å²) in [4.78, 5) is 29.8. The number of rotatable bonds is 3. The minimum Gasteiger partial charge on any atom is -0.267 e. The largest absolute Gasteiger partial charge is 0.416 e. The highest BCUT2D eigenvalue weighted by molar-refractivity contribution is 7.19. The number of hydrazine groups is 1. The molecule has 0 aliphatic carbocycles. The van der Waals surface area contributed by atoms with Crippen LogP contribution in [-0.4, -0.2) is 26.4 Å². The van der Waals surface area contributed by atoms with Crippen LogP contribution in [0.4, 0.5) is 13.2 Å². The van der Waals surface area contributed by atoms with Crippen molar-refractivity contribution in [1.29, 1.82) is 0 Å². The molecule has 2 aromatic heterocycles. The molecule has 0 unspecified atom stereocenters. The first-order valence-electron chi connectivity index (χ1n) is 9.03. The molecule has 164 valence electrons. The number of nitrogens with zero attached hydrogens (tertiary/aromatic N) is 3. The fraction of sp³-hybridized carbons (Fsp3) is 0.100. The molecular weight excluding hydrogens is 467 g/mol. The van der Waals surface area contributed by atoms with E-state index in [1.54, 1.807) is 31.2 Å². The number of carbonyl (C=O) groups excluding carboxylic acids is 2. The van der Waals surface area contributed by atoms with Gasteiger partial charge in [0.15, 0.2) is 5.82 Å². The average Bonchev–Trinajstić information content (AvgIpc) is 3.31. The van der Waals surface area contributed by atoms with Crippen LogP contribution in [0.2, 0.25) is 5.02 Å². The van der Waals surface area contributed by atoms with Gasteiger partial charge in [-0.05, 0) is 49.4 Å². The molecule has 2 N–H and O–H groups in total. The van der Waals surface area contributed by atoms with Crippen molar-refractivity contribution in [3.05, 3.63) is 75.3 Å². The lowest BCUT2D eigenvalue weighted by atomic mass is 10.1. The van der Waals surface area contributed by atoms with E-state index in [0.29, 0.717) is 27.6 Å². The number of fused-ring (bicyclic) bond motifs is 1. The van der Waals surface area contributed by atoms with E-state index in [1.165, 1.54) is 10.6 Å². The lowest BCUT2D eigenvalue weighted by Crippen LogP contribution is -2.41. The zero-order chi connectivity index (χ0) is 23.0. The second-order valence-electron chi connectivity index (χ2n) is 6.64. The molecule has 0 fully saturated rings. The average molecular weight is 480 g/mol. The van der Waals surface area contributed by atoms with E-state index < -0.39 is 23.6 Å². The van der Waals surface area contributed by atoms with Crippen LogP contribution < -0.4 is 10.9 Å². The summed E-state index contributed by atoms with van der Waals surface area (Å²) in [5.74, 6) is -1.07. The number of aryl methyl sites for hydroxylation is 1. The highest BCUT2D eigenvalue weighted by Crippen LogP contribution is 2.29. The summed E-state index contributed by atoms with van der Waals surface area (Å²) in [5, 5.41) is 4.97. The molecule has 32 heavy (non-hydrogen) atoms. The first kappa shape index (κ1) is 21.8. The third-order valence-corrected chi connectivity index (χ3v) is 5.85. The molecule has 4 rings (SSSR count). The second kappa shape index (κ2) is 8.24. The van der Waals surface area contributed by atoms with Gasteiger partial charge in [0.2, 0.25) is 4.96 Å². The van der Waals surface area contributed by atoms with Gasteiger partial charge in [0, 0.05) is 16.1 Å². The van der Waals surface area contributed by atoms with Gasteiger partial charge < -0.3 is 0 Å². The lowest BCUT2D eigenvalue weighted by Gasteiger charge is -2.10. The molecular formula is C20H13ClF3N5O2S. The monoisotopic (exact) mass is 479 g/mol. The molecule has 0 bridgehead atoms. The first-order chi connectivity index (χ1) is 15.1. The van der Waals surface area contributed by atoms with Crippen molar-refractivity contribution in [2.75, 3.05) is 0 Å². The zero-order valence-electron chi connectivity index (χ0n) is 16.2. The van der Waals surface area contributed by atoms with Gasteiger partial charge in [0.25, 0.3) is 11.8 Å². The Labute approximate surface area is 187 Å². The zero-order valence-corrected chi connectivity index (χ0v) is 17.8. The van der Waals surface area contributed by atoms with Crippen LogP contribution in [0.3, 0.4) is 0 Å². The van der Waals surface area contributed by atoms with Crippen LogP contribution in [0.15, 0.2) is 48.5 Å².